The number of benzene rings is 1. The fourth-order valence-corrected chi connectivity index (χ4v) is 4.52. The minimum Gasteiger partial charge on any atom is -0.493 e. The lowest BCUT2D eigenvalue weighted by Gasteiger charge is -2.27. The molecule has 0 bridgehead atoms. The summed E-state index contributed by atoms with van der Waals surface area (Å²) in [7, 11) is -3.60. The van der Waals surface area contributed by atoms with Gasteiger partial charge in [-0.2, -0.15) is 0 Å². The molecular formula is C14H19NO4S. The Bertz CT molecular complexity index is 606. The molecule has 2 aliphatic rings. The number of nitrogens with one attached hydrogen (secondary N) is 1. The van der Waals surface area contributed by atoms with Crippen LogP contribution in [0.25, 0.3) is 0 Å². The van der Waals surface area contributed by atoms with E-state index in [2.05, 4.69) is 4.72 Å². The van der Waals surface area contributed by atoms with Gasteiger partial charge in [0.15, 0.2) is 0 Å². The fraction of sp³-hybridized carbons (Fsp3) is 0.571. The lowest BCUT2D eigenvalue weighted by atomic mass is 10.0. The van der Waals surface area contributed by atoms with Crippen molar-refractivity contribution in [3.05, 3.63) is 23.8 Å². The van der Waals surface area contributed by atoms with Crippen molar-refractivity contribution in [2.45, 2.75) is 42.5 Å². The normalized spacial score (nSPS) is 20.6. The molecule has 1 saturated carbocycles. The molecule has 0 amide bonds. The van der Waals surface area contributed by atoms with Crippen molar-refractivity contribution in [2.75, 3.05) is 13.2 Å². The second-order valence-corrected chi connectivity index (χ2v) is 7.30. The Morgan fingerprint density at radius 3 is 2.75 bits per heavy atom. The molecule has 0 saturated heterocycles. The van der Waals surface area contributed by atoms with Crippen LogP contribution in [0.1, 0.15) is 31.2 Å². The summed E-state index contributed by atoms with van der Waals surface area (Å²) < 4.78 is 33.1. The van der Waals surface area contributed by atoms with Crippen LogP contribution in [0.4, 0.5) is 0 Å². The van der Waals surface area contributed by atoms with Gasteiger partial charge in [0.25, 0.3) is 0 Å². The van der Waals surface area contributed by atoms with Gasteiger partial charge in [-0.15, -0.1) is 0 Å². The van der Waals surface area contributed by atoms with E-state index in [9.17, 15) is 13.5 Å². The lowest BCUT2D eigenvalue weighted by Crippen LogP contribution is -2.49. The molecule has 3 rings (SSSR count). The molecule has 1 aromatic rings. The maximum atomic E-state index is 12.5. The van der Waals surface area contributed by atoms with Crippen LogP contribution < -0.4 is 9.46 Å². The van der Waals surface area contributed by atoms with Crippen molar-refractivity contribution in [2.24, 2.45) is 0 Å². The quantitative estimate of drug-likeness (QED) is 0.876. The molecule has 1 aromatic carbocycles. The molecule has 0 aromatic heterocycles. The molecule has 1 aliphatic heterocycles. The van der Waals surface area contributed by atoms with Crippen molar-refractivity contribution in [1.82, 2.24) is 4.72 Å². The lowest BCUT2D eigenvalue weighted by molar-refractivity contribution is 0.185. The van der Waals surface area contributed by atoms with Crippen LogP contribution >= 0.6 is 0 Å². The zero-order chi connectivity index (χ0) is 14.2. The summed E-state index contributed by atoms with van der Waals surface area (Å²) in [5.74, 6) is 0.765. The smallest absolute Gasteiger partial charge is 0.241 e. The summed E-state index contributed by atoms with van der Waals surface area (Å²) in [6, 6.07) is 4.94. The van der Waals surface area contributed by atoms with Crippen LogP contribution in [0.15, 0.2) is 23.1 Å². The molecule has 20 heavy (non-hydrogen) atoms. The highest BCUT2D eigenvalue weighted by Gasteiger charge is 2.37. The number of hydrogen-bond donors (Lipinski definition) is 2. The van der Waals surface area contributed by atoms with Crippen LogP contribution in [0.3, 0.4) is 0 Å². The van der Waals surface area contributed by atoms with Crippen molar-refractivity contribution in [1.29, 1.82) is 0 Å². The Morgan fingerprint density at radius 1 is 1.30 bits per heavy atom. The molecule has 0 spiro atoms. The molecule has 5 nitrogen and oxygen atoms in total. The van der Waals surface area contributed by atoms with E-state index in [4.69, 9.17) is 4.74 Å². The second-order valence-electron chi connectivity index (χ2n) is 5.62. The molecule has 0 atom stereocenters. The van der Waals surface area contributed by atoms with Gasteiger partial charge in [-0.05, 0) is 36.6 Å². The second kappa shape index (κ2) is 5.02. The molecule has 110 valence electrons. The highest BCUT2D eigenvalue weighted by molar-refractivity contribution is 7.89. The van der Waals surface area contributed by atoms with Crippen molar-refractivity contribution in [3.63, 3.8) is 0 Å². The highest BCUT2D eigenvalue weighted by atomic mass is 32.2. The van der Waals surface area contributed by atoms with E-state index in [1.807, 2.05) is 0 Å². The monoisotopic (exact) mass is 297 g/mol. The molecule has 0 radical (unpaired) electrons. The van der Waals surface area contributed by atoms with Crippen molar-refractivity contribution in [3.8, 4) is 5.75 Å². The summed E-state index contributed by atoms with van der Waals surface area (Å²) in [5.41, 5.74) is 0.242. The van der Waals surface area contributed by atoms with E-state index in [1.54, 1.807) is 18.2 Å². The van der Waals surface area contributed by atoms with E-state index in [-0.39, 0.29) is 11.5 Å². The summed E-state index contributed by atoms with van der Waals surface area (Å²) in [6.07, 6.45) is 4.01. The van der Waals surface area contributed by atoms with Gasteiger partial charge < -0.3 is 9.84 Å². The van der Waals surface area contributed by atoms with Crippen LogP contribution in [0, 0.1) is 0 Å². The van der Waals surface area contributed by atoms with Crippen molar-refractivity contribution < 1.29 is 18.3 Å². The third kappa shape index (κ3) is 2.43. The average Bonchev–Trinajstić information content (AvgIpc) is 3.06. The number of aliphatic hydroxyl groups is 1. The van der Waals surface area contributed by atoms with Crippen LogP contribution in [-0.4, -0.2) is 32.3 Å². The van der Waals surface area contributed by atoms with Gasteiger partial charge >= 0.3 is 0 Å². The molecule has 1 heterocycles. The Balaban J connectivity index is 1.88. The third-order valence-electron chi connectivity index (χ3n) is 4.19. The molecule has 0 unspecified atom stereocenters. The number of fused-ring (bicyclic) bond motifs is 1. The standard InChI is InChI=1S/C14H19NO4S/c16-10-14(6-1-2-7-14)15-20(17,18)12-3-4-13-11(9-12)5-8-19-13/h3-4,9,15-16H,1-2,5-8,10H2. The zero-order valence-corrected chi connectivity index (χ0v) is 12.1. The Labute approximate surface area is 119 Å². The number of aliphatic hydroxyl groups excluding tert-OH is 1. The maximum Gasteiger partial charge on any atom is 0.241 e. The molecule has 2 N–H and O–H groups in total. The van der Waals surface area contributed by atoms with E-state index in [0.29, 0.717) is 19.4 Å². The Hall–Kier alpha value is -1.11. The first-order valence-corrected chi connectivity index (χ1v) is 8.44. The summed E-state index contributed by atoms with van der Waals surface area (Å²) >= 11 is 0. The van der Waals surface area contributed by atoms with Gasteiger partial charge in [0, 0.05) is 6.42 Å². The first-order chi connectivity index (χ1) is 9.55. The third-order valence-corrected chi connectivity index (χ3v) is 5.76. The number of rotatable bonds is 4. The molecule has 6 heteroatoms. The largest absolute Gasteiger partial charge is 0.493 e. The van der Waals surface area contributed by atoms with E-state index in [1.165, 1.54) is 0 Å². The van der Waals surface area contributed by atoms with Gasteiger partial charge in [0.2, 0.25) is 10.0 Å². The minimum absolute atomic E-state index is 0.152. The van der Waals surface area contributed by atoms with Crippen LogP contribution in [-0.2, 0) is 16.4 Å². The summed E-state index contributed by atoms with van der Waals surface area (Å²) in [6.45, 7) is 0.452. The zero-order valence-electron chi connectivity index (χ0n) is 11.3. The number of ether oxygens (including phenoxy) is 1. The van der Waals surface area contributed by atoms with Gasteiger partial charge in [0.05, 0.1) is 23.6 Å². The summed E-state index contributed by atoms with van der Waals surface area (Å²) in [5, 5.41) is 9.53. The van der Waals surface area contributed by atoms with Gasteiger partial charge in [0.1, 0.15) is 5.75 Å². The first kappa shape index (κ1) is 13.9. The predicted octanol–water partition coefficient (Wildman–Crippen LogP) is 1.20. The Morgan fingerprint density at radius 2 is 2.05 bits per heavy atom. The van der Waals surface area contributed by atoms with Gasteiger partial charge in [-0.1, -0.05) is 12.8 Å². The number of hydrogen-bond acceptors (Lipinski definition) is 4. The highest BCUT2D eigenvalue weighted by Crippen LogP contribution is 2.32. The maximum absolute atomic E-state index is 12.5. The van der Waals surface area contributed by atoms with Crippen molar-refractivity contribution >= 4 is 10.0 Å². The van der Waals surface area contributed by atoms with E-state index in [0.717, 1.165) is 30.6 Å². The topological polar surface area (TPSA) is 75.6 Å². The molecular weight excluding hydrogens is 278 g/mol. The predicted molar refractivity (Wildman–Crippen MR) is 74.2 cm³/mol. The number of sulfonamides is 1. The van der Waals surface area contributed by atoms with Crippen LogP contribution in [0.2, 0.25) is 0 Å². The fourth-order valence-electron chi connectivity index (χ4n) is 3.02. The van der Waals surface area contributed by atoms with E-state index < -0.39 is 15.6 Å². The SMILES string of the molecule is O=S(=O)(NC1(CO)CCCC1)c1ccc2c(c1)CCO2. The van der Waals surface area contributed by atoms with Crippen LogP contribution in [0.5, 0.6) is 5.75 Å². The summed E-state index contributed by atoms with van der Waals surface area (Å²) in [4.78, 5) is 0.251. The minimum atomic E-state index is -3.60. The average molecular weight is 297 g/mol. The Kier molecular flexibility index (Phi) is 3.48. The molecule has 1 aliphatic carbocycles. The van der Waals surface area contributed by atoms with E-state index >= 15 is 0 Å². The molecule has 1 fully saturated rings. The van der Waals surface area contributed by atoms with Gasteiger partial charge in [-0.3, -0.25) is 0 Å². The van der Waals surface area contributed by atoms with Gasteiger partial charge in [-0.25, -0.2) is 13.1 Å². The first-order valence-electron chi connectivity index (χ1n) is 6.95.